The van der Waals surface area contributed by atoms with E-state index in [2.05, 4.69) is 11.9 Å². The van der Waals surface area contributed by atoms with Gasteiger partial charge in [-0.2, -0.15) is 0 Å². The van der Waals surface area contributed by atoms with Crippen LogP contribution in [0.2, 0.25) is 0 Å². The Morgan fingerprint density at radius 3 is 2.27 bits per heavy atom. The zero-order chi connectivity index (χ0) is 10.8. The molecule has 0 spiro atoms. The van der Waals surface area contributed by atoms with Gasteiger partial charge in [0, 0.05) is 0 Å². The standard InChI is InChI=1S/C13H23NO/c1-2-3-4-5-6-7-8-9-10-13-11-15-12-14-13/h11-12H,2-10H2,1H3. The van der Waals surface area contributed by atoms with Crippen LogP contribution in [0.5, 0.6) is 0 Å². The quantitative estimate of drug-likeness (QED) is 0.565. The first kappa shape index (κ1) is 12.3. The molecule has 2 nitrogen and oxygen atoms in total. The molecule has 15 heavy (non-hydrogen) atoms. The molecule has 0 fully saturated rings. The lowest BCUT2D eigenvalue weighted by molar-refractivity contribution is 0.553. The summed E-state index contributed by atoms with van der Waals surface area (Å²) in [5, 5.41) is 0. The van der Waals surface area contributed by atoms with Crippen molar-refractivity contribution in [1.82, 2.24) is 4.98 Å². The summed E-state index contributed by atoms with van der Waals surface area (Å²) in [5.41, 5.74) is 1.10. The fourth-order valence-corrected chi connectivity index (χ4v) is 1.80. The average molecular weight is 209 g/mol. The predicted octanol–water partition coefficient (Wildman–Crippen LogP) is 4.36. The molecule has 1 heterocycles. The Labute approximate surface area is 93.1 Å². The summed E-state index contributed by atoms with van der Waals surface area (Å²) in [6, 6.07) is 0. The summed E-state index contributed by atoms with van der Waals surface area (Å²) in [5.74, 6) is 0. The van der Waals surface area contributed by atoms with Gasteiger partial charge in [0.25, 0.3) is 0 Å². The van der Waals surface area contributed by atoms with E-state index < -0.39 is 0 Å². The average Bonchev–Trinajstić information content (AvgIpc) is 2.75. The summed E-state index contributed by atoms with van der Waals surface area (Å²) in [7, 11) is 0. The van der Waals surface area contributed by atoms with Gasteiger partial charge in [0.2, 0.25) is 0 Å². The molecule has 1 aromatic rings. The first-order chi connectivity index (χ1) is 7.43. The monoisotopic (exact) mass is 209 g/mol. The van der Waals surface area contributed by atoms with Crippen LogP contribution in [0.3, 0.4) is 0 Å². The Balaban J connectivity index is 1.81. The number of rotatable bonds is 9. The number of aryl methyl sites for hydroxylation is 1. The minimum Gasteiger partial charge on any atom is -0.451 e. The van der Waals surface area contributed by atoms with E-state index in [0.717, 1.165) is 12.1 Å². The molecule has 0 saturated heterocycles. The van der Waals surface area contributed by atoms with E-state index in [9.17, 15) is 0 Å². The molecule has 0 amide bonds. The summed E-state index contributed by atoms with van der Waals surface area (Å²) in [4.78, 5) is 4.11. The van der Waals surface area contributed by atoms with Crippen molar-refractivity contribution in [1.29, 1.82) is 0 Å². The van der Waals surface area contributed by atoms with E-state index in [1.807, 2.05) is 0 Å². The molecule has 0 aromatic carbocycles. The number of hydrogen-bond donors (Lipinski definition) is 0. The maximum Gasteiger partial charge on any atom is 0.180 e. The van der Waals surface area contributed by atoms with Gasteiger partial charge >= 0.3 is 0 Å². The SMILES string of the molecule is CCCCCCCCCCc1cocn1. The number of aromatic nitrogens is 1. The van der Waals surface area contributed by atoms with Gasteiger partial charge in [-0.05, 0) is 12.8 Å². The van der Waals surface area contributed by atoms with E-state index in [1.165, 1.54) is 57.8 Å². The summed E-state index contributed by atoms with van der Waals surface area (Å²) in [6.45, 7) is 2.26. The molecular weight excluding hydrogens is 186 g/mol. The maximum absolute atomic E-state index is 4.93. The zero-order valence-corrected chi connectivity index (χ0v) is 9.87. The maximum atomic E-state index is 4.93. The van der Waals surface area contributed by atoms with Crippen LogP contribution in [-0.2, 0) is 6.42 Å². The van der Waals surface area contributed by atoms with Crippen molar-refractivity contribution < 1.29 is 4.42 Å². The van der Waals surface area contributed by atoms with Gasteiger partial charge < -0.3 is 4.42 Å². The highest BCUT2D eigenvalue weighted by atomic mass is 16.3. The van der Waals surface area contributed by atoms with Crippen LogP contribution >= 0.6 is 0 Å². The van der Waals surface area contributed by atoms with Crippen molar-refractivity contribution in [3.8, 4) is 0 Å². The number of unbranched alkanes of at least 4 members (excludes halogenated alkanes) is 7. The molecule has 0 aliphatic rings. The Bertz CT molecular complexity index is 218. The van der Waals surface area contributed by atoms with Crippen LogP contribution in [0.25, 0.3) is 0 Å². The molecule has 0 unspecified atom stereocenters. The van der Waals surface area contributed by atoms with Crippen molar-refractivity contribution >= 4 is 0 Å². The summed E-state index contributed by atoms with van der Waals surface area (Å²) < 4.78 is 4.93. The highest BCUT2D eigenvalue weighted by Crippen LogP contribution is 2.10. The third-order valence-electron chi connectivity index (χ3n) is 2.77. The van der Waals surface area contributed by atoms with Gasteiger partial charge in [-0.25, -0.2) is 4.98 Å². The number of hydrogen-bond acceptors (Lipinski definition) is 2. The lowest BCUT2D eigenvalue weighted by Gasteiger charge is -2.00. The Morgan fingerprint density at radius 2 is 1.67 bits per heavy atom. The highest BCUT2D eigenvalue weighted by molar-refractivity contribution is 4.90. The van der Waals surface area contributed by atoms with E-state index in [-0.39, 0.29) is 0 Å². The van der Waals surface area contributed by atoms with Crippen molar-refractivity contribution in [3.05, 3.63) is 18.4 Å². The first-order valence-electron chi connectivity index (χ1n) is 6.30. The second-order valence-electron chi connectivity index (χ2n) is 4.20. The third-order valence-corrected chi connectivity index (χ3v) is 2.77. The summed E-state index contributed by atoms with van der Waals surface area (Å²) in [6.07, 6.45) is 15.3. The fourth-order valence-electron chi connectivity index (χ4n) is 1.80. The minimum atomic E-state index is 1.07. The van der Waals surface area contributed by atoms with Crippen LogP contribution in [0, 0.1) is 0 Å². The van der Waals surface area contributed by atoms with Crippen molar-refractivity contribution in [2.75, 3.05) is 0 Å². The molecule has 0 saturated carbocycles. The van der Waals surface area contributed by atoms with Gasteiger partial charge in [0.1, 0.15) is 6.26 Å². The van der Waals surface area contributed by atoms with Gasteiger partial charge in [-0.3, -0.25) is 0 Å². The van der Waals surface area contributed by atoms with Crippen LogP contribution < -0.4 is 0 Å². The van der Waals surface area contributed by atoms with Crippen molar-refractivity contribution in [3.63, 3.8) is 0 Å². The lowest BCUT2D eigenvalue weighted by atomic mass is 10.1. The zero-order valence-electron chi connectivity index (χ0n) is 9.87. The molecule has 1 aromatic heterocycles. The van der Waals surface area contributed by atoms with Gasteiger partial charge in [0.15, 0.2) is 6.39 Å². The van der Waals surface area contributed by atoms with E-state index >= 15 is 0 Å². The molecule has 0 N–H and O–H groups in total. The third kappa shape index (κ3) is 6.32. The molecule has 0 atom stereocenters. The van der Waals surface area contributed by atoms with E-state index in [0.29, 0.717) is 0 Å². The molecule has 0 aliphatic heterocycles. The van der Waals surface area contributed by atoms with Crippen molar-refractivity contribution in [2.45, 2.75) is 64.7 Å². The molecule has 1 rings (SSSR count). The van der Waals surface area contributed by atoms with E-state index in [1.54, 1.807) is 6.26 Å². The van der Waals surface area contributed by atoms with Crippen LogP contribution in [0.1, 0.15) is 64.0 Å². The molecule has 0 bridgehead atoms. The van der Waals surface area contributed by atoms with E-state index in [4.69, 9.17) is 4.42 Å². The highest BCUT2D eigenvalue weighted by Gasteiger charge is 1.96. The van der Waals surface area contributed by atoms with Crippen LogP contribution in [0.4, 0.5) is 0 Å². The summed E-state index contributed by atoms with van der Waals surface area (Å²) >= 11 is 0. The normalized spacial score (nSPS) is 10.7. The van der Waals surface area contributed by atoms with Gasteiger partial charge in [-0.15, -0.1) is 0 Å². The smallest absolute Gasteiger partial charge is 0.180 e. The van der Waals surface area contributed by atoms with Crippen LogP contribution in [0.15, 0.2) is 17.1 Å². The molecule has 2 heteroatoms. The second-order valence-corrected chi connectivity index (χ2v) is 4.20. The van der Waals surface area contributed by atoms with Gasteiger partial charge in [0.05, 0.1) is 5.69 Å². The molecule has 86 valence electrons. The topological polar surface area (TPSA) is 26.0 Å². The Morgan fingerprint density at radius 1 is 1.00 bits per heavy atom. The number of oxazole rings is 1. The molecular formula is C13H23NO. The lowest BCUT2D eigenvalue weighted by Crippen LogP contribution is -1.86. The Hall–Kier alpha value is -0.790. The number of nitrogens with zero attached hydrogens (tertiary/aromatic N) is 1. The predicted molar refractivity (Wildman–Crippen MR) is 62.8 cm³/mol. The fraction of sp³-hybridized carbons (Fsp3) is 0.769. The first-order valence-corrected chi connectivity index (χ1v) is 6.30. The second kappa shape index (κ2) is 8.51. The largest absolute Gasteiger partial charge is 0.451 e. The molecule has 0 radical (unpaired) electrons. The van der Waals surface area contributed by atoms with Crippen molar-refractivity contribution in [2.24, 2.45) is 0 Å². The molecule has 0 aliphatic carbocycles. The Kier molecular flexibility index (Phi) is 6.97. The minimum absolute atomic E-state index is 1.07. The van der Waals surface area contributed by atoms with Gasteiger partial charge in [-0.1, -0.05) is 51.9 Å². The van der Waals surface area contributed by atoms with Crippen LogP contribution in [-0.4, -0.2) is 4.98 Å².